The van der Waals surface area contributed by atoms with E-state index in [0.717, 1.165) is 31.9 Å². The van der Waals surface area contributed by atoms with Gasteiger partial charge in [-0.1, -0.05) is 35.5 Å². The van der Waals surface area contributed by atoms with Gasteiger partial charge in [-0.15, -0.1) is 0 Å². The lowest BCUT2D eigenvalue weighted by Gasteiger charge is -2.32. The van der Waals surface area contributed by atoms with Crippen LogP contribution < -0.4 is 5.32 Å². The van der Waals surface area contributed by atoms with Gasteiger partial charge in [0.25, 0.3) is 0 Å². The molecule has 1 aromatic carbocycles. The third kappa shape index (κ3) is 2.56. The smallest absolute Gasteiger partial charge is 0.228 e. The normalized spacial score (nSPS) is 22.0. The SMILES string of the molecule is c1ccc(CN2CCCC(c3noc4c3CCN4)C2)cc1. The predicted octanol–water partition coefficient (Wildman–Crippen LogP) is 3.02. The van der Waals surface area contributed by atoms with Crippen LogP contribution in [0.4, 0.5) is 5.88 Å². The molecular formula is C17H21N3O. The summed E-state index contributed by atoms with van der Waals surface area (Å²) < 4.78 is 5.43. The lowest BCUT2D eigenvalue weighted by Crippen LogP contribution is -2.34. The molecule has 1 atom stereocenters. The number of rotatable bonds is 3. The standard InChI is InChI=1S/C17H21N3O/c1-2-5-13(6-3-1)11-20-10-4-7-14(12-20)16-15-8-9-18-17(15)21-19-16/h1-3,5-6,14,18H,4,7-12H2. The number of hydrogen-bond acceptors (Lipinski definition) is 4. The summed E-state index contributed by atoms with van der Waals surface area (Å²) in [6.07, 6.45) is 3.53. The molecule has 0 bridgehead atoms. The molecule has 1 fully saturated rings. The Morgan fingerprint density at radius 2 is 2.19 bits per heavy atom. The number of benzene rings is 1. The van der Waals surface area contributed by atoms with E-state index in [9.17, 15) is 0 Å². The number of piperidine rings is 1. The fraction of sp³-hybridized carbons (Fsp3) is 0.471. The molecule has 0 saturated carbocycles. The van der Waals surface area contributed by atoms with Gasteiger partial charge in [-0.25, -0.2) is 0 Å². The Kier molecular flexibility index (Phi) is 3.39. The van der Waals surface area contributed by atoms with Gasteiger partial charge in [-0.05, 0) is 31.4 Å². The van der Waals surface area contributed by atoms with E-state index in [1.165, 1.54) is 36.2 Å². The van der Waals surface area contributed by atoms with Crippen LogP contribution in [0.2, 0.25) is 0 Å². The summed E-state index contributed by atoms with van der Waals surface area (Å²) in [7, 11) is 0. The molecule has 0 aliphatic carbocycles. The summed E-state index contributed by atoms with van der Waals surface area (Å²) in [5.74, 6) is 1.43. The quantitative estimate of drug-likeness (QED) is 0.940. The zero-order valence-electron chi connectivity index (χ0n) is 12.2. The van der Waals surface area contributed by atoms with Gasteiger partial charge in [0.05, 0.1) is 5.69 Å². The third-order valence-electron chi connectivity index (χ3n) is 4.62. The Labute approximate surface area is 125 Å². The summed E-state index contributed by atoms with van der Waals surface area (Å²) in [6, 6.07) is 10.7. The molecule has 2 aliphatic heterocycles. The Morgan fingerprint density at radius 1 is 1.29 bits per heavy atom. The van der Waals surface area contributed by atoms with Gasteiger partial charge >= 0.3 is 0 Å². The maximum atomic E-state index is 5.43. The van der Waals surface area contributed by atoms with Gasteiger partial charge in [0.1, 0.15) is 0 Å². The van der Waals surface area contributed by atoms with Crippen molar-refractivity contribution in [2.45, 2.75) is 31.7 Å². The summed E-state index contributed by atoms with van der Waals surface area (Å²) in [5, 5.41) is 7.61. The van der Waals surface area contributed by atoms with E-state index in [1.807, 2.05) is 0 Å². The summed E-state index contributed by atoms with van der Waals surface area (Å²) in [6.45, 7) is 4.30. The molecule has 1 N–H and O–H groups in total. The molecule has 3 heterocycles. The van der Waals surface area contributed by atoms with E-state index in [4.69, 9.17) is 4.52 Å². The fourth-order valence-corrected chi connectivity index (χ4v) is 3.59. The summed E-state index contributed by atoms with van der Waals surface area (Å²) >= 11 is 0. The van der Waals surface area contributed by atoms with Crippen molar-refractivity contribution in [1.82, 2.24) is 10.1 Å². The molecule has 0 radical (unpaired) electrons. The van der Waals surface area contributed by atoms with Crippen LogP contribution >= 0.6 is 0 Å². The number of aromatic nitrogens is 1. The zero-order chi connectivity index (χ0) is 14.1. The minimum atomic E-state index is 0.523. The first-order valence-corrected chi connectivity index (χ1v) is 7.89. The largest absolute Gasteiger partial charge is 0.353 e. The molecule has 110 valence electrons. The van der Waals surface area contributed by atoms with E-state index >= 15 is 0 Å². The molecular weight excluding hydrogens is 262 g/mol. The van der Waals surface area contributed by atoms with Crippen molar-refractivity contribution in [3.05, 3.63) is 47.2 Å². The van der Waals surface area contributed by atoms with Crippen molar-refractivity contribution in [3.63, 3.8) is 0 Å². The molecule has 4 heteroatoms. The van der Waals surface area contributed by atoms with E-state index in [2.05, 4.69) is 45.7 Å². The van der Waals surface area contributed by atoms with Crippen LogP contribution in [0.5, 0.6) is 0 Å². The predicted molar refractivity (Wildman–Crippen MR) is 82.4 cm³/mol. The van der Waals surface area contributed by atoms with Gasteiger partial charge in [0.2, 0.25) is 5.88 Å². The average Bonchev–Trinajstić information content (AvgIpc) is 3.11. The van der Waals surface area contributed by atoms with Gasteiger partial charge in [-0.2, -0.15) is 0 Å². The van der Waals surface area contributed by atoms with Crippen LogP contribution in [0, 0.1) is 0 Å². The van der Waals surface area contributed by atoms with Crippen molar-refractivity contribution in [1.29, 1.82) is 0 Å². The van der Waals surface area contributed by atoms with Crippen molar-refractivity contribution in [3.8, 4) is 0 Å². The number of anilines is 1. The molecule has 0 spiro atoms. The highest BCUT2D eigenvalue weighted by atomic mass is 16.5. The first-order valence-electron chi connectivity index (χ1n) is 7.89. The lowest BCUT2D eigenvalue weighted by atomic mass is 9.91. The molecule has 1 aromatic heterocycles. The highest BCUT2D eigenvalue weighted by molar-refractivity contribution is 5.49. The molecule has 4 nitrogen and oxygen atoms in total. The maximum absolute atomic E-state index is 5.43. The van der Waals surface area contributed by atoms with Gasteiger partial charge in [0, 0.05) is 31.1 Å². The Bertz CT molecular complexity index is 608. The second kappa shape index (κ2) is 5.53. The van der Waals surface area contributed by atoms with Gasteiger partial charge in [0.15, 0.2) is 0 Å². The molecule has 2 aliphatic rings. The number of nitrogens with zero attached hydrogens (tertiary/aromatic N) is 2. The van der Waals surface area contributed by atoms with E-state index < -0.39 is 0 Å². The van der Waals surface area contributed by atoms with Crippen molar-refractivity contribution >= 4 is 5.88 Å². The fourth-order valence-electron chi connectivity index (χ4n) is 3.59. The second-order valence-electron chi connectivity index (χ2n) is 6.11. The van der Waals surface area contributed by atoms with Crippen molar-refractivity contribution in [2.24, 2.45) is 0 Å². The maximum Gasteiger partial charge on any atom is 0.228 e. The minimum Gasteiger partial charge on any atom is -0.353 e. The van der Waals surface area contributed by atoms with Gasteiger partial charge < -0.3 is 9.84 Å². The van der Waals surface area contributed by atoms with E-state index in [0.29, 0.717) is 5.92 Å². The second-order valence-corrected chi connectivity index (χ2v) is 6.11. The van der Waals surface area contributed by atoms with E-state index in [1.54, 1.807) is 0 Å². The Morgan fingerprint density at radius 3 is 3.10 bits per heavy atom. The van der Waals surface area contributed by atoms with Crippen LogP contribution in [0.1, 0.15) is 35.6 Å². The number of likely N-dealkylation sites (tertiary alicyclic amines) is 1. The molecule has 1 saturated heterocycles. The average molecular weight is 283 g/mol. The molecule has 0 amide bonds. The van der Waals surface area contributed by atoms with E-state index in [-0.39, 0.29) is 0 Å². The van der Waals surface area contributed by atoms with Crippen molar-refractivity contribution in [2.75, 3.05) is 25.0 Å². The first kappa shape index (κ1) is 12.9. The molecule has 21 heavy (non-hydrogen) atoms. The molecule has 2 aromatic rings. The number of nitrogens with one attached hydrogen (secondary N) is 1. The van der Waals surface area contributed by atoms with Crippen LogP contribution in [0.3, 0.4) is 0 Å². The zero-order valence-corrected chi connectivity index (χ0v) is 12.2. The number of hydrogen-bond donors (Lipinski definition) is 1. The van der Waals surface area contributed by atoms with Crippen LogP contribution in [0.15, 0.2) is 34.9 Å². The first-order chi connectivity index (χ1) is 10.4. The third-order valence-corrected chi connectivity index (χ3v) is 4.62. The summed E-state index contributed by atoms with van der Waals surface area (Å²) in [4.78, 5) is 2.55. The summed E-state index contributed by atoms with van der Waals surface area (Å²) in [5.41, 5.74) is 3.92. The van der Waals surface area contributed by atoms with Crippen LogP contribution in [-0.2, 0) is 13.0 Å². The van der Waals surface area contributed by atoms with Gasteiger partial charge in [-0.3, -0.25) is 4.90 Å². The highest BCUT2D eigenvalue weighted by Crippen LogP contribution is 2.34. The lowest BCUT2D eigenvalue weighted by molar-refractivity contribution is 0.196. The van der Waals surface area contributed by atoms with Crippen LogP contribution in [-0.4, -0.2) is 29.7 Å². The monoisotopic (exact) mass is 283 g/mol. The highest BCUT2D eigenvalue weighted by Gasteiger charge is 2.29. The topological polar surface area (TPSA) is 41.3 Å². The Hall–Kier alpha value is -1.81. The Balaban J connectivity index is 1.48. The number of fused-ring (bicyclic) bond motifs is 1. The molecule has 4 rings (SSSR count). The van der Waals surface area contributed by atoms with Crippen molar-refractivity contribution < 1.29 is 4.52 Å². The minimum absolute atomic E-state index is 0.523. The van der Waals surface area contributed by atoms with Crippen LogP contribution in [0.25, 0.3) is 0 Å². The molecule has 1 unspecified atom stereocenters.